The van der Waals surface area contributed by atoms with Crippen LogP contribution in [0.4, 0.5) is 0 Å². The van der Waals surface area contributed by atoms with Crippen LogP contribution < -0.4 is 0 Å². The molecule has 0 aliphatic carbocycles. The minimum atomic E-state index is 0.906. The molecule has 0 bridgehead atoms. The highest BCUT2D eigenvalue weighted by molar-refractivity contribution is 9.10. The van der Waals surface area contributed by atoms with Gasteiger partial charge in [0.15, 0.2) is 0 Å². The van der Waals surface area contributed by atoms with Gasteiger partial charge >= 0.3 is 0 Å². The van der Waals surface area contributed by atoms with Crippen LogP contribution in [0.2, 0.25) is 0 Å². The van der Waals surface area contributed by atoms with E-state index in [2.05, 4.69) is 64.2 Å². The van der Waals surface area contributed by atoms with Crippen LogP contribution in [0.3, 0.4) is 0 Å². The van der Waals surface area contributed by atoms with Crippen molar-refractivity contribution >= 4 is 26.7 Å². The van der Waals surface area contributed by atoms with E-state index >= 15 is 0 Å². The molecule has 1 nitrogen and oxygen atoms in total. The topological polar surface area (TPSA) is 3.24 Å². The number of fused-ring (bicyclic) bond motifs is 1. The number of rotatable bonds is 2. The van der Waals surface area contributed by atoms with Crippen LogP contribution in [0.5, 0.6) is 0 Å². The van der Waals surface area contributed by atoms with Crippen LogP contribution in [0.1, 0.15) is 25.3 Å². The predicted molar refractivity (Wildman–Crippen MR) is 85.3 cm³/mol. The van der Waals surface area contributed by atoms with E-state index in [1.54, 1.807) is 0 Å². The maximum atomic E-state index is 3.62. The van der Waals surface area contributed by atoms with Gasteiger partial charge in [0, 0.05) is 11.0 Å². The third kappa shape index (κ3) is 3.01. The van der Waals surface area contributed by atoms with E-state index in [0.29, 0.717) is 0 Å². The van der Waals surface area contributed by atoms with Gasteiger partial charge in [0.2, 0.25) is 0 Å². The molecular formula is C17H20BrN. The van der Waals surface area contributed by atoms with Gasteiger partial charge in [0.1, 0.15) is 0 Å². The van der Waals surface area contributed by atoms with Gasteiger partial charge < -0.3 is 0 Å². The third-order valence-electron chi connectivity index (χ3n) is 4.17. The summed E-state index contributed by atoms with van der Waals surface area (Å²) >= 11 is 3.62. The smallest absolute Gasteiger partial charge is 0.0253 e. The van der Waals surface area contributed by atoms with Crippen LogP contribution in [0.15, 0.2) is 40.9 Å². The molecule has 1 heterocycles. The molecule has 0 spiro atoms. The van der Waals surface area contributed by atoms with Crippen molar-refractivity contribution in [3.8, 4) is 0 Å². The molecule has 2 aromatic carbocycles. The van der Waals surface area contributed by atoms with Crippen molar-refractivity contribution in [1.82, 2.24) is 4.90 Å². The molecule has 0 amide bonds. The first-order chi connectivity index (χ1) is 9.22. The van der Waals surface area contributed by atoms with E-state index in [1.807, 2.05) is 0 Å². The molecule has 0 radical (unpaired) electrons. The molecule has 0 saturated carbocycles. The second kappa shape index (κ2) is 5.64. The van der Waals surface area contributed by atoms with Gasteiger partial charge in [-0.15, -0.1) is 0 Å². The molecule has 2 heteroatoms. The number of hydrogen-bond donors (Lipinski definition) is 0. The number of likely N-dealkylation sites (tertiary alicyclic amines) is 1. The molecule has 2 aromatic rings. The zero-order valence-electron chi connectivity index (χ0n) is 11.4. The van der Waals surface area contributed by atoms with E-state index in [9.17, 15) is 0 Å². The average molecular weight is 318 g/mol. The third-order valence-corrected chi connectivity index (χ3v) is 4.87. The van der Waals surface area contributed by atoms with Crippen LogP contribution >= 0.6 is 15.9 Å². The summed E-state index contributed by atoms with van der Waals surface area (Å²) in [6.45, 7) is 5.95. The summed E-state index contributed by atoms with van der Waals surface area (Å²) in [6.07, 6.45) is 2.69. The van der Waals surface area contributed by atoms with Gasteiger partial charge in [0.05, 0.1) is 0 Å². The van der Waals surface area contributed by atoms with Gasteiger partial charge in [-0.05, 0) is 60.3 Å². The Morgan fingerprint density at radius 3 is 2.74 bits per heavy atom. The molecule has 1 saturated heterocycles. The number of hydrogen-bond acceptors (Lipinski definition) is 1. The highest BCUT2D eigenvalue weighted by atomic mass is 79.9. The first kappa shape index (κ1) is 13.1. The molecule has 1 aliphatic heterocycles. The largest absolute Gasteiger partial charge is 0.299 e. The van der Waals surface area contributed by atoms with Crippen LogP contribution in [-0.4, -0.2) is 18.0 Å². The highest BCUT2D eigenvalue weighted by Crippen LogP contribution is 2.25. The standard InChI is InChI=1S/C17H20BrN/c1-13-7-9-19(10-8-13)12-14-5-6-16-15(11-14)3-2-4-17(16)18/h2-6,11,13H,7-10,12H2,1H3. The Hall–Kier alpha value is -0.860. The molecule has 3 rings (SSSR count). The van der Waals surface area contributed by atoms with Gasteiger partial charge in [0.25, 0.3) is 0 Å². The van der Waals surface area contributed by atoms with Gasteiger partial charge in [-0.25, -0.2) is 0 Å². The van der Waals surface area contributed by atoms with Crippen LogP contribution in [-0.2, 0) is 6.54 Å². The first-order valence-corrected chi connectivity index (χ1v) is 7.91. The second-order valence-electron chi connectivity index (χ2n) is 5.75. The maximum absolute atomic E-state index is 3.62. The predicted octanol–water partition coefficient (Wildman–Crippen LogP) is 4.83. The second-order valence-corrected chi connectivity index (χ2v) is 6.61. The van der Waals surface area contributed by atoms with Crippen molar-refractivity contribution in [3.63, 3.8) is 0 Å². The van der Waals surface area contributed by atoms with Crippen molar-refractivity contribution in [3.05, 3.63) is 46.4 Å². The molecule has 19 heavy (non-hydrogen) atoms. The maximum Gasteiger partial charge on any atom is 0.0253 e. The summed E-state index contributed by atoms with van der Waals surface area (Å²) in [7, 11) is 0. The summed E-state index contributed by atoms with van der Waals surface area (Å²) in [4.78, 5) is 2.58. The van der Waals surface area contributed by atoms with E-state index in [-0.39, 0.29) is 0 Å². The van der Waals surface area contributed by atoms with E-state index in [1.165, 1.54) is 46.7 Å². The molecule has 1 aliphatic rings. The lowest BCUT2D eigenvalue weighted by Gasteiger charge is -2.30. The van der Waals surface area contributed by atoms with Crippen LogP contribution in [0.25, 0.3) is 10.8 Å². The van der Waals surface area contributed by atoms with Gasteiger partial charge in [-0.1, -0.05) is 47.1 Å². The zero-order valence-corrected chi connectivity index (χ0v) is 13.0. The van der Waals surface area contributed by atoms with Gasteiger partial charge in [-0.3, -0.25) is 4.90 Å². The molecule has 0 aromatic heterocycles. The van der Waals surface area contributed by atoms with Crippen LogP contribution in [0, 0.1) is 5.92 Å². The van der Waals surface area contributed by atoms with E-state index < -0.39 is 0 Å². The molecule has 0 unspecified atom stereocenters. The summed E-state index contributed by atoms with van der Waals surface area (Å²) in [5.41, 5.74) is 1.43. The highest BCUT2D eigenvalue weighted by Gasteiger charge is 2.15. The van der Waals surface area contributed by atoms with Crippen molar-refractivity contribution in [2.75, 3.05) is 13.1 Å². The number of halogens is 1. The fourth-order valence-electron chi connectivity index (χ4n) is 2.87. The summed E-state index contributed by atoms with van der Waals surface area (Å²) < 4.78 is 1.18. The van der Waals surface area contributed by atoms with Crippen molar-refractivity contribution in [2.24, 2.45) is 5.92 Å². The lowest BCUT2D eigenvalue weighted by Crippen LogP contribution is -2.32. The monoisotopic (exact) mass is 317 g/mol. The van der Waals surface area contributed by atoms with E-state index in [0.717, 1.165) is 12.5 Å². The summed E-state index contributed by atoms with van der Waals surface area (Å²) in [6, 6.07) is 13.2. The lowest BCUT2D eigenvalue weighted by molar-refractivity contribution is 0.185. The fourth-order valence-corrected chi connectivity index (χ4v) is 3.38. The summed E-state index contributed by atoms with van der Waals surface area (Å²) in [5.74, 6) is 0.906. The molecule has 0 atom stereocenters. The Labute approximate surface area is 123 Å². The quantitative estimate of drug-likeness (QED) is 0.766. The Bertz CT molecular complexity index is 570. The Morgan fingerprint density at radius 2 is 1.95 bits per heavy atom. The molecular weight excluding hydrogens is 298 g/mol. The van der Waals surface area contributed by atoms with Crippen molar-refractivity contribution in [2.45, 2.75) is 26.3 Å². The van der Waals surface area contributed by atoms with Crippen molar-refractivity contribution < 1.29 is 0 Å². The fraction of sp³-hybridized carbons (Fsp3) is 0.412. The normalized spacial score (nSPS) is 18.0. The molecule has 100 valence electrons. The molecule has 1 fully saturated rings. The number of piperidine rings is 1. The van der Waals surface area contributed by atoms with Gasteiger partial charge in [-0.2, -0.15) is 0 Å². The SMILES string of the molecule is CC1CCN(Cc2ccc3c(Br)cccc3c2)CC1. The Kier molecular flexibility index (Phi) is 3.90. The Morgan fingerprint density at radius 1 is 1.16 bits per heavy atom. The lowest BCUT2D eigenvalue weighted by atomic mass is 9.98. The first-order valence-electron chi connectivity index (χ1n) is 7.12. The number of nitrogens with zero attached hydrogens (tertiary/aromatic N) is 1. The zero-order chi connectivity index (χ0) is 13.2. The minimum Gasteiger partial charge on any atom is -0.299 e. The average Bonchev–Trinajstić information content (AvgIpc) is 2.42. The number of benzene rings is 2. The van der Waals surface area contributed by atoms with E-state index in [4.69, 9.17) is 0 Å². The van der Waals surface area contributed by atoms with Crippen molar-refractivity contribution in [1.29, 1.82) is 0 Å². The Balaban J connectivity index is 1.78. The summed E-state index contributed by atoms with van der Waals surface area (Å²) in [5, 5.41) is 2.63. The minimum absolute atomic E-state index is 0.906. The molecule has 0 N–H and O–H groups in total.